The van der Waals surface area contributed by atoms with Crippen molar-refractivity contribution in [1.82, 2.24) is 0 Å². The first-order valence-electron chi connectivity index (χ1n) is 10.1. The Hall–Kier alpha value is 0.630. The maximum Gasteiger partial charge on any atom is 1.00 e. The first kappa shape index (κ1) is 37.0. The number of rotatable bonds is 16. The molecule has 160 valence electrons. The molecule has 0 spiro atoms. The first-order chi connectivity index (χ1) is 12.7. The average Bonchev–Trinajstić information content (AvgIpc) is 2.60. The Morgan fingerprint density at radius 1 is 0.621 bits per heavy atom. The second-order valence-electron chi connectivity index (χ2n) is 6.66. The third-order valence-corrected chi connectivity index (χ3v) is 5.79. The van der Waals surface area contributed by atoms with Crippen LogP contribution in [0.3, 0.4) is 0 Å². The van der Waals surface area contributed by atoms with E-state index in [0.717, 1.165) is 25.7 Å². The van der Waals surface area contributed by atoms with Crippen LogP contribution in [0, 0.1) is 0 Å². The summed E-state index contributed by atoms with van der Waals surface area (Å²) in [7, 11) is -2.77. The number of carbonyl (C=O) groups excluding carboxylic acids is 2. The van der Waals surface area contributed by atoms with E-state index in [1.54, 1.807) is 0 Å². The molecule has 0 radical (unpaired) electrons. The molecule has 0 aromatic rings. The first-order valence-corrected chi connectivity index (χ1v) is 11.9. The van der Waals surface area contributed by atoms with Gasteiger partial charge in [0.25, 0.3) is 0 Å². The summed E-state index contributed by atoms with van der Waals surface area (Å²) in [6.45, 7) is 4.40. The zero-order valence-electron chi connectivity index (χ0n) is 18.9. The Morgan fingerprint density at radius 2 is 0.897 bits per heavy atom. The Kier molecular flexibility index (Phi) is 34.0. The van der Waals surface area contributed by atoms with Crippen molar-refractivity contribution in [3.8, 4) is 0 Å². The summed E-state index contributed by atoms with van der Waals surface area (Å²) >= 11 is 0. The van der Waals surface area contributed by atoms with E-state index in [2.05, 4.69) is 13.8 Å². The van der Waals surface area contributed by atoms with Crippen molar-refractivity contribution in [3.63, 3.8) is 0 Å². The summed E-state index contributed by atoms with van der Waals surface area (Å²) in [5, 5.41) is 18.8. The molecule has 0 aromatic carbocycles. The summed E-state index contributed by atoms with van der Waals surface area (Å²) in [6.07, 6.45) is 14.6. The fraction of sp³-hybridized carbons (Fsp3) is 0.800. The molecule has 0 aromatic heterocycles. The van der Waals surface area contributed by atoms with Crippen molar-refractivity contribution < 1.29 is 87.3 Å². The quantitative estimate of drug-likeness (QED) is 0.135. The second kappa shape index (κ2) is 26.7. The predicted octanol–water partition coefficient (Wildman–Crippen LogP) is -3.83. The van der Waals surface area contributed by atoms with Gasteiger partial charge in [-0.25, -0.2) is 8.42 Å². The second-order valence-corrected chi connectivity index (χ2v) is 8.96. The number of carbonyl (C=O) groups is 2. The molecule has 0 atom stereocenters. The maximum absolute atomic E-state index is 11.8. The van der Waals surface area contributed by atoms with E-state index >= 15 is 0 Å². The largest absolute Gasteiger partial charge is 1.00 e. The normalized spacial score (nSPS) is 10.4. The topological polar surface area (TPSA) is 114 Å². The summed E-state index contributed by atoms with van der Waals surface area (Å²) in [5.41, 5.74) is 0. The van der Waals surface area contributed by atoms with Crippen LogP contribution in [0.4, 0.5) is 0 Å². The molecule has 6 nitrogen and oxygen atoms in total. The molecule has 9 heteroatoms. The number of hydrogen-bond acceptors (Lipinski definition) is 6. The number of sulfone groups is 1. The molecule has 0 aliphatic carbocycles. The molecule has 0 bridgehead atoms. The van der Waals surface area contributed by atoms with Crippen LogP contribution in [0.2, 0.25) is 0 Å². The van der Waals surface area contributed by atoms with E-state index in [1.807, 2.05) is 0 Å². The van der Waals surface area contributed by atoms with Crippen molar-refractivity contribution in [1.29, 1.82) is 0 Å². The van der Waals surface area contributed by atoms with Crippen LogP contribution in [0.25, 0.3) is 0 Å². The van der Waals surface area contributed by atoms with Crippen molar-refractivity contribution >= 4 is 21.8 Å². The zero-order valence-corrected chi connectivity index (χ0v) is 23.7. The third kappa shape index (κ3) is 36.4. The molecule has 0 amide bonds. The van der Waals surface area contributed by atoms with E-state index in [-0.39, 0.29) is 59.1 Å². The van der Waals surface area contributed by atoms with Gasteiger partial charge < -0.3 is 19.8 Å². The van der Waals surface area contributed by atoms with Crippen molar-refractivity contribution in [2.45, 2.75) is 90.9 Å². The van der Waals surface area contributed by atoms with Gasteiger partial charge in [0.2, 0.25) is 0 Å². The summed E-state index contributed by atoms with van der Waals surface area (Å²) in [4.78, 5) is 18.8. The maximum atomic E-state index is 11.8. The number of carboxylic acids is 2. The van der Waals surface area contributed by atoms with Crippen LogP contribution in [0.5, 0.6) is 0 Å². The fourth-order valence-corrected chi connectivity index (χ4v) is 3.93. The molecule has 0 aliphatic rings. The molecule has 0 saturated heterocycles. The van der Waals surface area contributed by atoms with Gasteiger partial charge in [0.1, 0.15) is 9.84 Å². The number of carboxylic acid groups (broad SMARTS) is 2. The monoisotopic (exact) mass is 450 g/mol. The Balaban J connectivity index is -0.000000267. The van der Waals surface area contributed by atoms with Gasteiger partial charge in [-0.1, -0.05) is 78.1 Å². The predicted molar refractivity (Wildman–Crippen MR) is 105 cm³/mol. The zero-order chi connectivity index (χ0) is 21.0. The smallest absolute Gasteiger partial charge is 0.545 e. The van der Waals surface area contributed by atoms with Gasteiger partial charge in [-0.05, 0) is 25.0 Å². The van der Waals surface area contributed by atoms with E-state index in [4.69, 9.17) is 0 Å². The molecule has 0 unspecified atom stereocenters. The number of aliphatic carboxylic acids is 2. The molecule has 0 aliphatic heterocycles. The van der Waals surface area contributed by atoms with Crippen LogP contribution in [-0.4, -0.2) is 31.9 Å². The van der Waals surface area contributed by atoms with Gasteiger partial charge in [0.15, 0.2) is 0 Å². The number of unbranched alkanes of at least 4 members (excludes halogenated alkanes) is 10. The summed E-state index contributed by atoms with van der Waals surface area (Å²) in [6, 6.07) is 0. The Morgan fingerprint density at radius 3 is 1.17 bits per heavy atom. The van der Waals surface area contributed by atoms with E-state index in [0.29, 0.717) is 23.7 Å². The van der Waals surface area contributed by atoms with Crippen molar-refractivity contribution in [2.24, 2.45) is 0 Å². The van der Waals surface area contributed by atoms with E-state index in [1.165, 1.54) is 51.4 Å². The van der Waals surface area contributed by atoms with Gasteiger partial charge in [-0.15, -0.1) is 0 Å². The van der Waals surface area contributed by atoms with Gasteiger partial charge in [-0.2, -0.15) is 0 Å². The van der Waals surface area contributed by atoms with Crippen LogP contribution in [-0.2, 0) is 19.4 Å². The van der Waals surface area contributed by atoms with Crippen molar-refractivity contribution in [3.05, 3.63) is 12.2 Å². The fourth-order valence-electron chi connectivity index (χ4n) is 2.44. The number of hydrogen-bond donors (Lipinski definition) is 0. The summed E-state index contributed by atoms with van der Waals surface area (Å²) < 4.78 is 23.6. The van der Waals surface area contributed by atoms with Crippen LogP contribution in [0.1, 0.15) is 90.9 Å². The molecule has 29 heavy (non-hydrogen) atoms. The van der Waals surface area contributed by atoms with Crippen LogP contribution >= 0.6 is 0 Å². The van der Waals surface area contributed by atoms with E-state index in [9.17, 15) is 28.2 Å². The van der Waals surface area contributed by atoms with Gasteiger partial charge >= 0.3 is 59.1 Å². The Labute approximate surface area is 221 Å². The van der Waals surface area contributed by atoms with Crippen LogP contribution in [0.15, 0.2) is 12.2 Å². The molecular formula is C20H36Na2O6S. The molecule has 0 N–H and O–H groups in total. The summed E-state index contributed by atoms with van der Waals surface area (Å²) in [5.74, 6) is -2.27. The minimum absolute atomic E-state index is 0. The Bertz CT molecular complexity index is 469. The molecular weight excluding hydrogens is 414 g/mol. The molecule has 0 fully saturated rings. The molecule has 0 rings (SSSR count). The minimum atomic E-state index is -2.77. The van der Waals surface area contributed by atoms with E-state index < -0.39 is 21.8 Å². The molecule has 0 heterocycles. The van der Waals surface area contributed by atoms with Crippen LogP contribution < -0.4 is 69.3 Å². The SMILES string of the molecule is CCCCCCCCS(=O)(=O)CCCCCCCC.O=C([O-])/C=C\C(=O)[O-].[Na+].[Na+]. The van der Waals surface area contributed by atoms with Gasteiger partial charge in [0, 0.05) is 0 Å². The van der Waals surface area contributed by atoms with Gasteiger partial charge in [0.05, 0.1) is 23.4 Å². The third-order valence-electron chi connectivity index (χ3n) is 3.97. The molecule has 0 saturated carbocycles. The standard InChI is InChI=1S/C16H34O2S.C4H4O4.2Na/c1-3-5-7-9-11-13-15-19(17,18)16-14-12-10-8-6-4-2;5-3(6)1-2-4(7)8;;/h3-16H2,1-2H3;1-2H,(H,5,6)(H,7,8);;/q;;2*+1/p-2/b;2-1-;;. The minimum Gasteiger partial charge on any atom is -0.545 e. The average molecular weight is 451 g/mol. The van der Waals surface area contributed by atoms with Gasteiger partial charge in [-0.3, -0.25) is 0 Å². The van der Waals surface area contributed by atoms with Crippen molar-refractivity contribution in [2.75, 3.05) is 11.5 Å².